The van der Waals surface area contributed by atoms with Gasteiger partial charge in [0.25, 0.3) is 0 Å². The second kappa shape index (κ2) is 36.7. The molecule has 1 aliphatic carbocycles. The van der Waals surface area contributed by atoms with Crippen LogP contribution in [0.4, 0.5) is 0 Å². The zero-order chi connectivity index (χ0) is 45.0. The van der Waals surface area contributed by atoms with Gasteiger partial charge in [0.1, 0.15) is 43.2 Å². The Morgan fingerprint density at radius 3 is 1.52 bits per heavy atom. The molecule has 0 aromatic carbocycles. The molecule has 1 aliphatic rings. The van der Waals surface area contributed by atoms with E-state index in [1.165, 1.54) is 32.1 Å². The first-order valence-corrected chi connectivity index (χ1v) is 24.3. The molecular formula is C47H79O13P. The number of aliphatic hydroxyl groups excluding tert-OH is 5. The molecule has 0 spiro atoms. The van der Waals surface area contributed by atoms with Gasteiger partial charge >= 0.3 is 19.8 Å². The molecule has 0 aromatic heterocycles. The van der Waals surface area contributed by atoms with E-state index in [0.717, 1.165) is 83.5 Å². The van der Waals surface area contributed by atoms with Crippen LogP contribution in [0.1, 0.15) is 155 Å². The lowest BCUT2D eigenvalue weighted by atomic mass is 9.85. The van der Waals surface area contributed by atoms with Gasteiger partial charge in [0, 0.05) is 12.8 Å². The summed E-state index contributed by atoms with van der Waals surface area (Å²) < 4.78 is 33.5. The van der Waals surface area contributed by atoms with Crippen molar-refractivity contribution in [1.29, 1.82) is 0 Å². The quantitative estimate of drug-likeness (QED) is 0.0115. The summed E-state index contributed by atoms with van der Waals surface area (Å²) in [7, 11) is -5.13. The summed E-state index contributed by atoms with van der Waals surface area (Å²) in [4.78, 5) is 35.7. The molecule has 0 amide bonds. The van der Waals surface area contributed by atoms with Crippen LogP contribution in [0.5, 0.6) is 0 Å². The molecule has 0 aromatic rings. The van der Waals surface area contributed by atoms with Gasteiger partial charge < -0.3 is 39.9 Å². The molecule has 1 fully saturated rings. The monoisotopic (exact) mass is 883 g/mol. The van der Waals surface area contributed by atoms with E-state index >= 15 is 0 Å². The summed E-state index contributed by atoms with van der Waals surface area (Å²) in [6.07, 6.45) is 32.4. The Morgan fingerprint density at radius 2 is 0.967 bits per heavy atom. The van der Waals surface area contributed by atoms with Gasteiger partial charge in [-0.2, -0.15) is 0 Å². The number of allylic oxidation sites excluding steroid dienone is 12. The summed E-state index contributed by atoms with van der Waals surface area (Å²) in [5.41, 5.74) is 0. The van der Waals surface area contributed by atoms with Crippen LogP contribution in [0.3, 0.4) is 0 Å². The van der Waals surface area contributed by atoms with E-state index in [2.05, 4.69) is 86.8 Å². The van der Waals surface area contributed by atoms with Crippen molar-refractivity contribution in [3.8, 4) is 0 Å². The number of ether oxygens (including phenoxy) is 2. The Morgan fingerprint density at radius 1 is 0.525 bits per heavy atom. The number of esters is 2. The van der Waals surface area contributed by atoms with E-state index in [1.54, 1.807) is 0 Å². The highest BCUT2D eigenvalue weighted by Gasteiger charge is 2.51. The fourth-order valence-corrected chi connectivity index (χ4v) is 7.30. The normalized spacial score (nSPS) is 22.7. The first-order chi connectivity index (χ1) is 29.4. The van der Waals surface area contributed by atoms with Crippen LogP contribution >= 0.6 is 7.82 Å². The van der Waals surface area contributed by atoms with Gasteiger partial charge in [-0.3, -0.25) is 18.6 Å². The molecule has 1 saturated carbocycles. The van der Waals surface area contributed by atoms with Crippen LogP contribution < -0.4 is 0 Å². The SMILES string of the molecule is CCC/C=C/C/C=C/C/C=C/C/C=C/CCCCCC(=O)OC[C@@H](COP(=O)(O)OC1C(O)C(O)C(O)[C@H](O)C1O)OC(=O)CCCCCCC/C=C/C=C/CCCCCC. The molecule has 0 saturated heterocycles. The van der Waals surface area contributed by atoms with Gasteiger partial charge in [-0.1, -0.05) is 138 Å². The second-order valence-electron chi connectivity index (χ2n) is 15.6. The topological polar surface area (TPSA) is 210 Å². The lowest BCUT2D eigenvalue weighted by Gasteiger charge is -2.41. The van der Waals surface area contributed by atoms with Crippen molar-refractivity contribution >= 4 is 19.8 Å². The number of rotatable bonds is 36. The maximum atomic E-state index is 12.8. The average Bonchev–Trinajstić information content (AvgIpc) is 3.24. The summed E-state index contributed by atoms with van der Waals surface area (Å²) in [6, 6.07) is 0. The maximum Gasteiger partial charge on any atom is 0.472 e. The predicted octanol–water partition coefficient (Wildman–Crippen LogP) is 8.72. The molecular weight excluding hydrogens is 803 g/mol. The highest BCUT2D eigenvalue weighted by Crippen LogP contribution is 2.47. The van der Waals surface area contributed by atoms with Gasteiger partial charge in [0.2, 0.25) is 0 Å². The number of aliphatic hydroxyl groups is 5. The Hall–Kier alpha value is -2.71. The molecule has 6 N–H and O–H groups in total. The molecule has 0 aliphatic heterocycles. The number of carbonyl (C=O) groups excluding carboxylic acids is 2. The molecule has 14 heteroatoms. The largest absolute Gasteiger partial charge is 0.472 e. The maximum absolute atomic E-state index is 12.8. The minimum Gasteiger partial charge on any atom is -0.462 e. The Bertz CT molecular complexity index is 1340. The fourth-order valence-electron chi connectivity index (χ4n) is 6.33. The van der Waals surface area contributed by atoms with Crippen molar-refractivity contribution < 1.29 is 63.1 Å². The number of hydrogen-bond acceptors (Lipinski definition) is 12. The summed E-state index contributed by atoms with van der Waals surface area (Å²) in [5.74, 6) is -1.16. The van der Waals surface area contributed by atoms with E-state index in [4.69, 9.17) is 18.5 Å². The molecule has 0 heterocycles. The van der Waals surface area contributed by atoms with Crippen LogP contribution in [0.2, 0.25) is 0 Å². The minimum atomic E-state index is -5.13. The number of hydrogen-bond donors (Lipinski definition) is 6. The highest BCUT2D eigenvalue weighted by atomic mass is 31.2. The third-order valence-corrected chi connectivity index (χ3v) is 11.0. The third-order valence-electron chi connectivity index (χ3n) is 10.0. The summed E-state index contributed by atoms with van der Waals surface area (Å²) >= 11 is 0. The Labute approximate surface area is 365 Å². The summed E-state index contributed by atoms with van der Waals surface area (Å²) in [5, 5.41) is 50.1. The van der Waals surface area contributed by atoms with E-state index in [9.17, 15) is 44.6 Å². The van der Waals surface area contributed by atoms with Crippen molar-refractivity contribution in [1.82, 2.24) is 0 Å². The van der Waals surface area contributed by atoms with E-state index in [1.807, 2.05) is 0 Å². The lowest BCUT2D eigenvalue weighted by Crippen LogP contribution is -2.64. The zero-order valence-corrected chi connectivity index (χ0v) is 37.8. The Kier molecular flexibility index (Phi) is 33.9. The highest BCUT2D eigenvalue weighted by molar-refractivity contribution is 7.47. The van der Waals surface area contributed by atoms with Gasteiger partial charge in [-0.05, 0) is 77.0 Å². The van der Waals surface area contributed by atoms with Gasteiger partial charge in [-0.25, -0.2) is 4.57 Å². The smallest absolute Gasteiger partial charge is 0.462 e. The van der Waals surface area contributed by atoms with Crippen LogP contribution in [0.25, 0.3) is 0 Å². The Balaban J connectivity index is 2.51. The van der Waals surface area contributed by atoms with E-state index < -0.39 is 75.7 Å². The van der Waals surface area contributed by atoms with Crippen LogP contribution in [0.15, 0.2) is 72.9 Å². The molecule has 6 unspecified atom stereocenters. The number of phosphoric acid groups is 1. The van der Waals surface area contributed by atoms with Gasteiger partial charge in [0.15, 0.2) is 6.10 Å². The van der Waals surface area contributed by atoms with Crippen LogP contribution in [-0.4, -0.2) is 98.3 Å². The fraction of sp³-hybridized carbons (Fsp3) is 0.702. The lowest BCUT2D eigenvalue weighted by molar-refractivity contribution is -0.220. The molecule has 61 heavy (non-hydrogen) atoms. The predicted molar refractivity (Wildman–Crippen MR) is 239 cm³/mol. The number of phosphoric ester groups is 1. The number of carbonyl (C=O) groups is 2. The van der Waals surface area contributed by atoms with Crippen molar-refractivity contribution in [2.24, 2.45) is 0 Å². The standard InChI is InChI=1S/C47H79O13P/c1-3-5-7-9-11-13-15-17-19-20-22-23-25-27-29-31-33-35-40(48)57-37-39(38-58-61(55,56)60-47-45(53)43(51)42(50)44(52)46(47)54)59-41(49)36-34-32-30-28-26-24-21-18-16-14-12-10-8-6-4-2/h7,9,13-16,18-21,23,25,39,42-47,50-54H,3-6,8,10-12,17,22,24,26-38H2,1-2H3,(H,55,56)/b9-7+,15-13+,16-14+,20-19+,21-18+,25-23+/t39-,42?,43-,44?,45?,46?,47?/m0/s1. The molecule has 350 valence electrons. The average molecular weight is 883 g/mol. The van der Waals surface area contributed by atoms with Crippen molar-refractivity contribution in [3.63, 3.8) is 0 Å². The van der Waals surface area contributed by atoms with Crippen LogP contribution in [0, 0.1) is 0 Å². The van der Waals surface area contributed by atoms with Gasteiger partial charge in [-0.15, -0.1) is 0 Å². The second-order valence-corrected chi connectivity index (χ2v) is 17.0. The van der Waals surface area contributed by atoms with Crippen LogP contribution in [-0.2, 0) is 32.7 Å². The molecule has 8 atom stereocenters. The molecule has 0 radical (unpaired) electrons. The first kappa shape index (κ1) is 56.3. The van der Waals surface area contributed by atoms with Crippen molar-refractivity contribution in [2.75, 3.05) is 13.2 Å². The van der Waals surface area contributed by atoms with E-state index in [-0.39, 0.29) is 12.8 Å². The first-order valence-electron chi connectivity index (χ1n) is 22.8. The molecule has 1 rings (SSSR count). The molecule has 13 nitrogen and oxygen atoms in total. The van der Waals surface area contributed by atoms with Crippen molar-refractivity contribution in [3.05, 3.63) is 72.9 Å². The zero-order valence-electron chi connectivity index (χ0n) is 36.9. The number of unbranched alkanes of at least 4 members (excludes halogenated alkanes) is 13. The van der Waals surface area contributed by atoms with Crippen molar-refractivity contribution in [2.45, 2.75) is 198 Å². The third kappa shape index (κ3) is 29.3. The summed E-state index contributed by atoms with van der Waals surface area (Å²) in [6.45, 7) is 3.15. The van der Waals surface area contributed by atoms with E-state index in [0.29, 0.717) is 12.8 Å². The molecule has 0 bridgehead atoms. The van der Waals surface area contributed by atoms with Gasteiger partial charge in [0.05, 0.1) is 6.61 Å². The minimum absolute atomic E-state index is 0.0680.